The Morgan fingerprint density at radius 3 is 2.56 bits per heavy atom. The molecule has 5 heteroatoms. The molecular weight excluding hydrogens is 234 g/mol. The third-order valence-electron chi connectivity index (χ3n) is 2.51. The van der Waals surface area contributed by atoms with Crippen LogP contribution in [0.1, 0.15) is 32.8 Å². The standard InChI is InChI=1S/C13H19NO4/c1-13(2,3)6-7-18-12-8-10(9-15)4-5-11(12)14(16)17/h4-5,8,15H,6-7,9H2,1-3H3. The number of aliphatic hydroxyl groups excluding tert-OH is 1. The van der Waals surface area contributed by atoms with Crippen LogP contribution in [-0.2, 0) is 6.61 Å². The molecule has 0 unspecified atom stereocenters. The number of nitro groups is 1. The zero-order chi connectivity index (χ0) is 13.8. The number of hydrogen-bond donors (Lipinski definition) is 1. The van der Waals surface area contributed by atoms with Crippen LogP contribution in [0.4, 0.5) is 5.69 Å². The molecule has 0 aliphatic carbocycles. The van der Waals surface area contributed by atoms with Crippen LogP contribution in [0.25, 0.3) is 0 Å². The van der Waals surface area contributed by atoms with Gasteiger partial charge >= 0.3 is 5.69 Å². The van der Waals surface area contributed by atoms with E-state index in [-0.39, 0.29) is 23.5 Å². The van der Waals surface area contributed by atoms with Crippen LogP contribution in [0.15, 0.2) is 18.2 Å². The maximum Gasteiger partial charge on any atom is 0.310 e. The highest BCUT2D eigenvalue weighted by atomic mass is 16.6. The molecule has 0 aliphatic rings. The van der Waals surface area contributed by atoms with Crippen LogP contribution >= 0.6 is 0 Å². The minimum absolute atomic E-state index is 0.0684. The van der Waals surface area contributed by atoms with Crippen LogP contribution in [0.3, 0.4) is 0 Å². The summed E-state index contributed by atoms with van der Waals surface area (Å²) in [5, 5.41) is 19.9. The predicted octanol–water partition coefficient (Wildman–Crippen LogP) is 2.90. The summed E-state index contributed by atoms with van der Waals surface area (Å²) >= 11 is 0. The van der Waals surface area contributed by atoms with Gasteiger partial charge < -0.3 is 9.84 Å². The summed E-state index contributed by atoms with van der Waals surface area (Å²) in [5.41, 5.74) is 0.649. The first-order chi connectivity index (χ1) is 8.33. The van der Waals surface area contributed by atoms with Gasteiger partial charge in [0.2, 0.25) is 0 Å². The SMILES string of the molecule is CC(C)(C)CCOc1cc(CO)ccc1[N+](=O)[O-]. The van der Waals surface area contributed by atoms with Crippen LogP contribution in [-0.4, -0.2) is 16.6 Å². The van der Waals surface area contributed by atoms with E-state index in [4.69, 9.17) is 9.84 Å². The highest BCUT2D eigenvalue weighted by Gasteiger charge is 2.17. The van der Waals surface area contributed by atoms with Gasteiger partial charge in [0.05, 0.1) is 18.1 Å². The smallest absolute Gasteiger partial charge is 0.310 e. The third kappa shape index (κ3) is 4.33. The summed E-state index contributed by atoms with van der Waals surface area (Å²) in [6.07, 6.45) is 0.799. The van der Waals surface area contributed by atoms with Gasteiger partial charge in [-0.2, -0.15) is 0 Å². The molecule has 5 nitrogen and oxygen atoms in total. The fourth-order valence-corrected chi connectivity index (χ4v) is 1.39. The normalized spacial score (nSPS) is 11.3. The Hall–Kier alpha value is -1.62. The van der Waals surface area contributed by atoms with E-state index < -0.39 is 4.92 Å². The molecule has 0 fully saturated rings. The maximum absolute atomic E-state index is 10.8. The number of rotatable bonds is 5. The van der Waals surface area contributed by atoms with Crippen molar-refractivity contribution in [2.75, 3.05) is 6.61 Å². The number of aliphatic hydroxyl groups is 1. The Morgan fingerprint density at radius 2 is 2.06 bits per heavy atom. The van der Waals surface area contributed by atoms with E-state index in [2.05, 4.69) is 20.8 Å². The minimum atomic E-state index is -0.479. The van der Waals surface area contributed by atoms with Gasteiger partial charge in [0, 0.05) is 6.07 Å². The second-order valence-corrected chi connectivity index (χ2v) is 5.38. The summed E-state index contributed by atoms with van der Waals surface area (Å²) < 4.78 is 5.46. The van der Waals surface area contributed by atoms with Crippen molar-refractivity contribution in [3.05, 3.63) is 33.9 Å². The quantitative estimate of drug-likeness (QED) is 0.646. The van der Waals surface area contributed by atoms with Crippen molar-refractivity contribution < 1.29 is 14.8 Å². The molecule has 1 N–H and O–H groups in total. The van der Waals surface area contributed by atoms with Gasteiger partial charge in [-0.3, -0.25) is 10.1 Å². The highest BCUT2D eigenvalue weighted by Crippen LogP contribution is 2.29. The van der Waals surface area contributed by atoms with E-state index in [1.807, 2.05) is 0 Å². The maximum atomic E-state index is 10.8. The van der Waals surface area contributed by atoms with Crippen LogP contribution < -0.4 is 4.74 Å². The summed E-state index contributed by atoms with van der Waals surface area (Å²) in [6.45, 7) is 6.49. The molecule has 100 valence electrons. The molecule has 0 aliphatic heterocycles. The van der Waals surface area contributed by atoms with E-state index in [0.717, 1.165) is 6.42 Å². The lowest BCUT2D eigenvalue weighted by atomic mass is 9.93. The average Bonchev–Trinajstić information content (AvgIpc) is 2.26. The summed E-state index contributed by atoms with van der Waals surface area (Å²) in [6, 6.07) is 4.40. The van der Waals surface area contributed by atoms with Gasteiger partial charge in [-0.05, 0) is 29.5 Å². The van der Waals surface area contributed by atoms with E-state index in [9.17, 15) is 10.1 Å². The van der Waals surface area contributed by atoms with Gasteiger partial charge in [-0.15, -0.1) is 0 Å². The topological polar surface area (TPSA) is 72.6 Å². The van der Waals surface area contributed by atoms with Crippen molar-refractivity contribution in [1.29, 1.82) is 0 Å². The molecule has 0 aromatic heterocycles. The lowest BCUT2D eigenvalue weighted by Gasteiger charge is -2.18. The summed E-state index contributed by atoms with van der Waals surface area (Å²) in [7, 11) is 0. The summed E-state index contributed by atoms with van der Waals surface area (Å²) in [5.74, 6) is 0.218. The number of ether oxygens (including phenoxy) is 1. The van der Waals surface area contributed by atoms with Gasteiger partial charge in [0.15, 0.2) is 5.75 Å². The van der Waals surface area contributed by atoms with Crippen LogP contribution in [0, 0.1) is 15.5 Å². The van der Waals surface area contributed by atoms with Gasteiger partial charge in [-0.25, -0.2) is 0 Å². The first-order valence-corrected chi connectivity index (χ1v) is 5.84. The first-order valence-electron chi connectivity index (χ1n) is 5.84. The number of nitrogens with zero attached hydrogens (tertiary/aromatic N) is 1. The second-order valence-electron chi connectivity index (χ2n) is 5.38. The molecule has 0 bridgehead atoms. The number of nitro benzene ring substituents is 1. The predicted molar refractivity (Wildman–Crippen MR) is 68.6 cm³/mol. The molecular formula is C13H19NO4. The molecule has 0 saturated carbocycles. The molecule has 1 aromatic carbocycles. The molecule has 0 radical (unpaired) electrons. The van der Waals surface area contributed by atoms with Crippen LogP contribution in [0.5, 0.6) is 5.75 Å². The summed E-state index contributed by atoms with van der Waals surface area (Å²) in [4.78, 5) is 10.4. The van der Waals surface area contributed by atoms with Gasteiger partial charge in [0.25, 0.3) is 0 Å². The zero-order valence-electron chi connectivity index (χ0n) is 11.0. The monoisotopic (exact) mass is 253 g/mol. The fourth-order valence-electron chi connectivity index (χ4n) is 1.39. The Balaban J connectivity index is 2.81. The molecule has 0 atom stereocenters. The van der Waals surface area contributed by atoms with E-state index >= 15 is 0 Å². The average molecular weight is 253 g/mol. The fraction of sp³-hybridized carbons (Fsp3) is 0.538. The highest BCUT2D eigenvalue weighted by molar-refractivity contribution is 5.48. The van der Waals surface area contributed by atoms with Crippen LogP contribution in [0.2, 0.25) is 0 Å². The van der Waals surface area contributed by atoms with E-state index in [1.165, 1.54) is 18.2 Å². The number of hydrogen-bond acceptors (Lipinski definition) is 4. The molecule has 0 heterocycles. The third-order valence-corrected chi connectivity index (χ3v) is 2.51. The van der Waals surface area contributed by atoms with Crippen molar-refractivity contribution in [3.8, 4) is 5.75 Å². The molecule has 0 saturated heterocycles. The van der Waals surface area contributed by atoms with Crippen molar-refractivity contribution in [2.24, 2.45) is 5.41 Å². The Bertz CT molecular complexity index is 423. The van der Waals surface area contributed by atoms with Crippen molar-refractivity contribution >= 4 is 5.69 Å². The zero-order valence-corrected chi connectivity index (χ0v) is 11.0. The Morgan fingerprint density at radius 1 is 1.39 bits per heavy atom. The lowest BCUT2D eigenvalue weighted by Crippen LogP contribution is -2.11. The molecule has 1 aromatic rings. The molecule has 18 heavy (non-hydrogen) atoms. The van der Waals surface area contributed by atoms with Crippen molar-refractivity contribution in [1.82, 2.24) is 0 Å². The Kier molecular flexibility index (Phi) is 4.67. The number of benzene rings is 1. The first kappa shape index (κ1) is 14.4. The largest absolute Gasteiger partial charge is 0.487 e. The van der Waals surface area contributed by atoms with Gasteiger partial charge in [-0.1, -0.05) is 20.8 Å². The van der Waals surface area contributed by atoms with E-state index in [0.29, 0.717) is 12.2 Å². The Labute approximate surface area is 107 Å². The minimum Gasteiger partial charge on any atom is -0.487 e. The van der Waals surface area contributed by atoms with Crippen molar-refractivity contribution in [3.63, 3.8) is 0 Å². The molecule has 0 amide bonds. The van der Waals surface area contributed by atoms with Gasteiger partial charge in [0.1, 0.15) is 0 Å². The second kappa shape index (κ2) is 5.82. The van der Waals surface area contributed by atoms with E-state index in [1.54, 1.807) is 0 Å². The molecule has 0 spiro atoms. The molecule has 1 rings (SSSR count). The van der Waals surface area contributed by atoms with Crippen molar-refractivity contribution in [2.45, 2.75) is 33.8 Å². The lowest BCUT2D eigenvalue weighted by molar-refractivity contribution is -0.385.